The molecule has 4 bridgehead atoms. The van der Waals surface area contributed by atoms with Gasteiger partial charge in [0.05, 0.1) is 18.1 Å². The van der Waals surface area contributed by atoms with Crippen LogP contribution in [0.25, 0.3) is 0 Å². The van der Waals surface area contributed by atoms with Gasteiger partial charge in [0.1, 0.15) is 11.4 Å². The van der Waals surface area contributed by atoms with E-state index in [2.05, 4.69) is 0 Å². The first-order valence-corrected chi connectivity index (χ1v) is 13.4. The number of alkyl halides is 1. The Morgan fingerprint density at radius 1 is 1.00 bits per heavy atom. The normalized spacial score (nSPS) is 42.8. The van der Waals surface area contributed by atoms with Crippen molar-refractivity contribution < 1.29 is 42.5 Å². The van der Waals surface area contributed by atoms with Crippen LogP contribution in [0.1, 0.15) is 57.4 Å². The number of nitrogens with two attached hydrogens (primary N) is 1. The van der Waals surface area contributed by atoms with Gasteiger partial charge in [-0.05, 0) is 80.4 Å². The smallest absolute Gasteiger partial charge is 0.342 e. The largest absolute Gasteiger partial charge is 0.479 e. The van der Waals surface area contributed by atoms with E-state index in [1.807, 2.05) is 0 Å². The summed E-state index contributed by atoms with van der Waals surface area (Å²) < 4.78 is 45.4. The van der Waals surface area contributed by atoms with Crippen molar-refractivity contribution in [2.75, 3.05) is 0 Å². The van der Waals surface area contributed by atoms with Crippen LogP contribution in [-0.4, -0.2) is 46.6 Å². The Bertz CT molecular complexity index is 1120. The standard InChI is InChI=1S/C28H33F2NO7/c1-14(37-24(34)26-10-16-6-17(11-26)8-18(7-16)12-26)38-25(35)28(31)21(9-20-22(28)27(20,30)23(32)33)36-13-15-2-4-19(29)5-3-15/h2-5,14,16-18,20-22H,6-13,31H2,1H3,(H,32,33)/t14-,16?,17?,18?,20-,21-,22+,26?,27-,28+/m1/s1. The van der Waals surface area contributed by atoms with Gasteiger partial charge in [0, 0.05) is 18.8 Å². The van der Waals surface area contributed by atoms with E-state index in [9.17, 15) is 23.9 Å². The second-order valence-electron chi connectivity index (χ2n) is 12.3. The number of ether oxygens (including phenoxy) is 3. The maximum atomic E-state index is 15.3. The molecule has 0 radical (unpaired) electrons. The lowest BCUT2D eigenvalue weighted by Gasteiger charge is -2.55. The number of benzene rings is 1. The minimum absolute atomic E-state index is 0.0421. The monoisotopic (exact) mass is 533 g/mol. The van der Waals surface area contributed by atoms with Gasteiger partial charge in [0.2, 0.25) is 12.0 Å². The lowest BCUT2D eigenvalue weighted by atomic mass is 9.49. The zero-order valence-electron chi connectivity index (χ0n) is 21.2. The summed E-state index contributed by atoms with van der Waals surface area (Å²) in [6.07, 6.45) is 3.40. The van der Waals surface area contributed by atoms with Crippen LogP contribution < -0.4 is 5.73 Å². The molecule has 7 rings (SSSR count). The molecule has 6 saturated carbocycles. The van der Waals surface area contributed by atoms with Crippen LogP contribution in [0.3, 0.4) is 0 Å². The number of carboxylic acids is 1. The van der Waals surface area contributed by atoms with Gasteiger partial charge in [-0.2, -0.15) is 0 Å². The molecule has 6 aliphatic carbocycles. The van der Waals surface area contributed by atoms with E-state index in [0.717, 1.165) is 38.5 Å². The van der Waals surface area contributed by atoms with Crippen molar-refractivity contribution in [2.45, 2.75) is 82.1 Å². The Kier molecular flexibility index (Phi) is 5.88. The molecule has 0 heterocycles. The second kappa shape index (κ2) is 8.71. The van der Waals surface area contributed by atoms with E-state index in [0.29, 0.717) is 23.3 Å². The highest BCUT2D eigenvalue weighted by molar-refractivity contribution is 5.91. The first-order valence-electron chi connectivity index (χ1n) is 13.4. The van der Waals surface area contributed by atoms with E-state index in [1.165, 1.54) is 31.2 Å². The van der Waals surface area contributed by atoms with Gasteiger partial charge in [-0.3, -0.25) is 4.79 Å². The van der Waals surface area contributed by atoms with Crippen molar-refractivity contribution in [2.24, 2.45) is 40.7 Å². The number of carbonyl (C=O) groups is 3. The molecule has 0 amide bonds. The summed E-state index contributed by atoms with van der Waals surface area (Å²) in [5.74, 6) is -4.34. The van der Waals surface area contributed by atoms with Gasteiger partial charge < -0.3 is 25.1 Å². The summed E-state index contributed by atoms with van der Waals surface area (Å²) in [7, 11) is 0. The number of halogens is 2. The molecule has 38 heavy (non-hydrogen) atoms. The van der Waals surface area contributed by atoms with E-state index in [4.69, 9.17) is 19.9 Å². The molecule has 1 aromatic carbocycles. The summed E-state index contributed by atoms with van der Waals surface area (Å²) in [6, 6.07) is 5.52. The first-order chi connectivity index (χ1) is 18.0. The van der Waals surface area contributed by atoms with Crippen molar-refractivity contribution in [3.8, 4) is 0 Å². The van der Waals surface area contributed by atoms with Crippen molar-refractivity contribution in [1.29, 1.82) is 0 Å². The molecule has 10 heteroatoms. The maximum Gasteiger partial charge on any atom is 0.342 e. The lowest BCUT2D eigenvalue weighted by Crippen LogP contribution is -2.61. The zero-order chi connectivity index (χ0) is 27.0. The van der Waals surface area contributed by atoms with E-state index < -0.39 is 58.6 Å². The fourth-order valence-corrected chi connectivity index (χ4v) is 8.49. The number of aliphatic carboxylic acids is 1. The predicted octanol–water partition coefficient (Wildman–Crippen LogP) is 3.50. The van der Waals surface area contributed by atoms with Crippen LogP contribution in [0.4, 0.5) is 8.78 Å². The molecule has 6 atom stereocenters. The van der Waals surface area contributed by atoms with Gasteiger partial charge in [-0.1, -0.05) is 12.1 Å². The number of hydrogen-bond donors (Lipinski definition) is 2. The number of hydrogen-bond acceptors (Lipinski definition) is 7. The molecule has 8 nitrogen and oxygen atoms in total. The zero-order valence-corrected chi connectivity index (χ0v) is 21.2. The Morgan fingerprint density at radius 3 is 2.11 bits per heavy atom. The van der Waals surface area contributed by atoms with Crippen molar-refractivity contribution in [3.63, 3.8) is 0 Å². The van der Waals surface area contributed by atoms with Gasteiger partial charge >= 0.3 is 17.9 Å². The molecule has 3 N–H and O–H groups in total. The summed E-state index contributed by atoms with van der Waals surface area (Å²) in [5, 5.41) is 9.48. The van der Waals surface area contributed by atoms with E-state index >= 15 is 4.39 Å². The topological polar surface area (TPSA) is 125 Å². The van der Waals surface area contributed by atoms with Gasteiger partial charge in [-0.15, -0.1) is 0 Å². The molecule has 1 aromatic rings. The van der Waals surface area contributed by atoms with Crippen LogP contribution in [0, 0.1) is 40.8 Å². The van der Waals surface area contributed by atoms with E-state index in [-0.39, 0.29) is 19.0 Å². The van der Waals surface area contributed by atoms with Crippen LogP contribution in [-0.2, 0) is 35.2 Å². The SMILES string of the molecule is C[C@H](OC(=O)C12CC3CC(CC(C3)C1)C2)OC(=O)[C@@]1(N)[C@H]2[C@@H](C[C@H]1OCc1ccc(F)cc1)[C@]2(F)C(=O)O. The minimum Gasteiger partial charge on any atom is -0.479 e. The molecule has 0 aromatic heterocycles. The summed E-state index contributed by atoms with van der Waals surface area (Å²) in [5.41, 5.74) is 1.74. The summed E-state index contributed by atoms with van der Waals surface area (Å²) in [4.78, 5) is 38.3. The third-order valence-corrected chi connectivity index (χ3v) is 9.86. The molecule has 206 valence electrons. The van der Waals surface area contributed by atoms with Crippen LogP contribution >= 0.6 is 0 Å². The highest BCUT2D eigenvalue weighted by atomic mass is 19.1. The quantitative estimate of drug-likeness (QED) is 0.384. The maximum absolute atomic E-state index is 15.3. The first kappa shape index (κ1) is 25.7. The Labute approximate surface area is 219 Å². The molecule has 0 aliphatic heterocycles. The second-order valence-corrected chi connectivity index (χ2v) is 12.3. The number of carbonyl (C=O) groups excluding carboxylic acids is 2. The summed E-state index contributed by atoms with van der Waals surface area (Å²) in [6.45, 7) is 1.37. The van der Waals surface area contributed by atoms with Gasteiger partial charge in [-0.25, -0.2) is 18.4 Å². The van der Waals surface area contributed by atoms with Crippen LogP contribution in [0.15, 0.2) is 24.3 Å². The fraction of sp³-hybridized carbons (Fsp3) is 0.679. The molecular weight excluding hydrogens is 500 g/mol. The molecule has 0 spiro atoms. The van der Waals surface area contributed by atoms with Crippen molar-refractivity contribution in [1.82, 2.24) is 0 Å². The molecule has 0 unspecified atom stereocenters. The third-order valence-electron chi connectivity index (χ3n) is 9.86. The average Bonchev–Trinajstić information content (AvgIpc) is 3.33. The highest BCUT2D eigenvalue weighted by Gasteiger charge is 2.85. The Balaban J connectivity index is 1.15. The number of carboxylic acid groups (broad SMARTS) is 1. The summed E-state index contributed by atoms with van der Waals surface area (Å²) >= 11 is 0. The highest BCUT2D eigenvalue weighted by Crippen LogP contribution is 2.67. The lowest BCUT2D eigenvalue weighted by molar-refractivity contribution is -0.206. The Morgan fingerprint density at radius 2 is 1.55 bits per heavy atom. The molecule has 6 fully saturated rings. The number of fused-ring (bicyclic) bond motifs is 1. The van der Waals surface area contributed by atoms with Gasteiger partial charge in [0.15, 0.2) is 0 Å². The minimum atomic E-state index is -2.66. The fourth-order valence-electron chi connectivity index (χ4n) is 8.49. The Hall–Kier alpha value is -2.59. The predicted molar refractivity (Wildman–Crippen MR) is 127 cm³/mol. The number of rotatable bonds is 8. The van der Waals surface area contributed by atoms with Crippen LogP contribution in [0.2, 0.25) is 0 Å². The van der Waals surface area contributed by atoms with Crippen molar-refractivity contribution >= 4 is 17.9 Å². The van der Waals surface area contributed by atoms with E-state index in [1.54, 1.807) is 0 Å². The third kappa shape index (κ3) is 3.86. The molecule has 6 aliphatic rings. The number of esters is 2. The average molecular weight is 534 g/mol. The molecule has 0 saturated heterocycles. The molecular formula is C28H33F2NO7. The van der Waals surface area contributed by atoms with Crippen molar-refractivity contribution in [3.05, 3.63) is 35.6 Å². The van der Waals surface area contributed by atoms with Gasteiger partial charge in [0.25, 0.3) is 0 Å². The van der Waals surface area contributed by atoms with Crippen LogP contribution in [0.5, 0.6) is 0 Å².